The number of nitro groups is 1. The smallest absolute Gasteiger partial charge is 0.413 e. The monoisotopic (exact) mass is 430 g/mol. The first kappa shape index (κ1) is 20.6. The molecule has 0 unspecified atom stereocenters. The molecule has 4 rings (SSSR count). The van der Waals surface area contributed by atoms with E-state index in [-0.39, 0.29) is 42.2 Å². The second-order valence-electron chi connectivity index (χ2n) is 6.75. The summed E-state index contributed by atoms with van der Waals surface area (Å²) in [5, 5.41) is 32.7. The molecule has 0 aliphatic carbocycles. The molecule has 1 aliphatic rings. The minimum atomic E-state index is -0.874. The van der Waals surface area contributed by atoms with Crippen molar-refractivity contribution in [2.24, 2.45) is 0 Å². The number of aliphatic hydroxyl groups excluding tert-OH is 2. The van der Waals surface area contributed by atoms with Crippen LogP contribution in [-0.4, -0.2) is 59.6 Å². The summed E-state index contributed by atoms with van der Waals surface area (Å²) in [5.41, 5.74) is 0.698. The van der Waals surface area contributed by atoms with Crippen LogP contribution in [-0.2, 0) is 16.1 Å². The molecule has 0 radical (unpaired) electrons. The SMILES string of the molecule is O=C(Nc1ncnc2c1ncn2[C@H]1C[C@H](O)[C@@H](CO)O1)OCc1ccccc1[N+](=O)[O-]. The molecule has 1 amide bonds. The van der Waals surface area contributed by atoms with Crippen molar-refractivity contribution in [3.63, 3.8) is 0 Å². The Morgan fingerprint density at radius 2 is 2.16 bits per heavy atom. The average molecular weight is 430 g/mol. The number of hydrogen-bond acceptors (Lipinski definition) is 10. The molecular formula is C18H18N6O7. The number of nitrogens with one attached hydrogen (secondary N) is 1. The van der Waals surface area contributed by atoms with Gasteiger partial charge < -0.3 is 19.7 Å². The van der Waals surface area contributed by atoms with Crippen LogP contribution in [0.25, 0.3) is 11.2 Å². The molecule has 1 saturated heterocycles. The molecule has 0 bridgehead atoms. The number of amides is 1. The molecule has 31 heavy (non-hydrogen) atoms. The fourth-order valence-electron chi connectivity index (χ4n) is 3.29. The third-order valence-electron chi connectivity index (χ3n) is 4.82. The van der Waals surface area contributed by atoms with Crippen molar-refractivity contribution in [2.45, 2.75) is 31.5 Å². The highest BCUT2D eigenvalue weighted by Crippen LogP contribution is 2.31. The van der Waals surface area contributed by atoms with Crippen molar-refractivity contribution in [1.82, 2.24) is 19.5 Å². The number of anilines is 1. The number of imidazole rings is 1. The van der Waals surface area contributed by atoms with Gasteiger partial charge in [-0.3, -0.25) is 20.0 Å². The number of aromatic nitrogens is 4. The number of nitro benzene ring substituents is 1. The Bertz CT molecular complexity index is 1120. The maximum atomic E-state index is 12.2. The van der Waals surface area contributed by atoms with Gasteiger partial charge in [-0.25, -0.2) is 19.7 Å². The van der Waals surface area contributed by atoms with Crippen LogP contribution >= 0.6 is 0 Å². The van der Waals surface area contributed by atoms with E-state index in [9.17, 15) is 25.1 Å². The van der Waals surface area contributed by atoms with E-state index in [1.54, 1.807) is 10.6 Å². The minimum Gasteiger partial charge on any atom is -0.444 e. The number of carbonyl (C=O) groups is 1. The molecule has 3 atom stereocenters. The van der Waals surface area contributed by atoms with Gasteiger partial charge >= 0.3 is 6.09 Å². The van der Waals surface area contributed by atoms with E-state index < -0.39 is 29.5 Å². The quantitative estimate of drug-likeness (QED) is 0.379. The number of fused-ring (bicyclic) bond motifs is 1. The fourth-order valence-corrected chi connectivity index (χ4v) is 3.29. The Kier molecular flexibility index (Phi) is 5.70. The van der Waals surface area contributed by atoms with Crippen LogP contribution in [0.4, 0.5) is 16.3 Å². The first-order valence-electron chi connectivity index (χ1n) is 9.26. The second-order valence-corrected chi connectivity index (χ2v) is 6.75. The zero-order chi connectivity index (χ0) is 22.0. The van der Waals surface area contributed by atoms with Gasteiger partial charge in [0.1, 0.15) is 25.3 Å². The maximum absolute atomic E-state index is 12.2. The predicted octanol–water partition coefficient (Wildman–Crippen LogP) is 1.12. The van der Waals surface area contributed by atoms with Crippen molar-refractivity contribution < 1.29 is 29.4 Å². The Hall–Kier alpha value is -3.68. The predicted molar refractivity (Wildman–Crippen MR) is 104 cm³/mol. The lowest BCUT2D eigenvalue weighted by atomic mass is 10.2. The number of ether oxygens (including phenoxy) is 2. The highest BCUT2D eigenvalue weighted by Gasteiger charge is 2.35. The Morgan fingerprint density at radius 3 is 2.90 bits per heavy atom. The van der Waals surface area contributed by atoms with E-state index in [2.05, 4.69) is 20.3 Å². The molecule has 1 aliphatic heterocycles. The van der Waals surface area contributed by atoms with Gasteiger partial charge in [-0.05, 0) is 6.07 Å². The van der Waals surface area contributed by atoms with Gasteiger partial charge in [0.05, 0.1) is 29.5 Å². The van der Waals surface area contributed by atoms with Crippen LogP contribution in [0.1, 0.15) is 18.2 Å². The largest absolute Gasteiger partial charge is 0.444 e. The zero-order valence-electron chi connectivity index (χ0n) is 16.0. The molecule has 13 nitrogen and oxygen atoms in total. The highest BCUT2D eigenvalue weighted by atomic mass is 16.6. The summed E-state index contributed by atoms with van der Waals surface area (Å²) in [7, 11) is 0. The van der Waals surface area contributed by atoms with Gasteiger partial charge in [0.2, 0.25) is 0 Å². The molecule has 3 aromatic rings. The Balaban J connectivity index is 1.48. The average Bonchev–Trinajstić information content (AvgIpc) is 3.36. The van der Waals surface area contributed by atoms with Gasteiger partial charge in [0.25, 0.3) is 5.69 Å². The summed E-state index contributed by atoms with van der Waals surface area (Å²) in [6.07, 6.45) is -0.122. The molecular weight excluding hydrogens is 412 g/mol. The summed E-state index contributed by atoms with van der Waals surface area (Å²) in [5.74, 6) is 0.0774. The van der Waals surface area contributed by atoms with E-state index in [1.165, 1.54) is 30.9 Å². The number of carbonyl (C=O) groups excluding carboxylic acids is 1. The number of rotatable bonds is 6. The topological polar surface area (TPSA) is 175 Å². The van der Waals surface area contributed by atoms with Crippen LogP contribution in [0.15, 0.2) is 36.9 Å². The molecule has 3 heterocycles. The molecule has 162 valence electrons. The van der Waals surface area contributed by atoms with Gasteiger partial charge in [-0.1, -0.05) is 12.1 Å². The van der Waals surface area contributed by atoms with Crippen molar-refractivity contribution in [1.29, 1.82) is 0 Å². The van der Waals surface area contributed by atoms with Gasteiger partial charge in [0.15, 0.2) is 17.0 Å². The number of nitrogens with zero attached hydrogens (tertiary/aromatic N) is 5. The lowest BCUT2D eigenvalue weighted by Crippen LogP contribution is -2.24. The first-order chi connectivity index (χ1) is 15.0. The fraction of sp³-hybridized carbons (Fsp3) is 0.333. The minimum absolute atomic E-state index is 0.0774. The van der Waals surface area contributed by atoms with Crippen molar-refractivity contribution in [2.75, 3.05) is 11.9 Å². The number of aliphatic hydroxyl groups is 2. The summed E-state index contributed by atoms with van der Waals surface area (Å²) in [6, 6.07) is 5.94. The van der Waals surface area contributed by atoms with E-state index in [1.807, 2.05) is 0 Å². The van der Waals surface area contributed by atoms with Crippen molar-refractivity contribution in [3.05, 3.63) is 52.6 Å². The lowest BCUT2D eigenvalue weighted by Gasteiger charge is -2.13. The second kappa shape index (κ2) is 8.59. The molecule has 0 spiro atoms. The van der Waals surface area contributed by atoms with Crippen molar-refractivity contribution >= 4 is 28.8 Å². The van der Waals surface area contributed by atoms with Crippen molar-refractivity contribution in [3.8, 4) is 0 Å². The Labute approximate surface area is 174 Å². The number of hydrogen-bond donors (Lipinski definition) is 3. The van der Waals surface area contributed by atoms with Gasteiger partial charge in [-0.15, -0.1) is 0 Å². The van der Waals surface area contributed by atoms with E-state index in [0.29, 0.717) is 5.65 Å². The summed E-state index contributed by atoms with van der Waals surface area (Å²) >= 11 is 0. The third kappa shape index (κ3) is 4.14. The summed E-state index contributed by atoms with van der Waals surface area (Å²) in [6.45, 7) is -0.625. The summed E-state index contributed by atoms with van der Waals surface area (Å²) < 4.78 is 12.3. The van der Waals surface area contributed by atoms with Crippen LogP contribution in [0.3, 0.4) is 0 Å². The highest BCUT2D eigenvalue weighted by molar-refractivity contribution is 5.93. The molecule has 0 saturated carbocycles. The zero-order valence-corrected chi connectivity index (χ0v) is 16.0. The lowest BCUT2D eigenvalue weighted by molar-refractivity contribution is -0.385. The Morgan fingerprint density at radius 1 is 1.35 bits per heavy atom. The maximum Gasteiger partial charge on any atom is 0.413 e. The molecule has 13 heteroatoms. The van der Waals surface area contributed by atoms with Gasteiger partial charge in [0, 0.05) is 12.5 Å². The first-order valence-corrected chi connectivity index (χ1v) is 9.26. The molecule has 1 fully saturated rings. The van der Waals surface area contributed by atoms with E-state index in [4.69, 9.17) is 9.47 Å². The van der Waals surface area contributed by atoms with Gasteiger partial charge in [-0.2, -0.15) is 0 Å². The summed E-state index contributed by atoms with van der Waals surface area (Å²) in [4.78, 5) is 35.1. The van der Waals surface area contributed by atoms with Crippen LogP contribution < -0.4 is 5.32 Å². The van der Waals surface area contributed by atoms with Crippen LogP contribution in [0.5, 0.6) is 0 Å². The third-order valence-corrected chi connectivity index (χ3v) is 4.82. The molecule has 1 aromatic carbocycles. The molecule has 2 aromatic heterocycles. The number of para-hydroxylation sites is 1. The molecule has 3 N–H and O–H groups in total. The van der Waals surface area contributed by atoms with Crippen LogP contribution in [0, 0.1) is 10.1 Å². The standard InChI is InChI=1S/C18H18N6O7/c25-6-13-12(26)5-14(31-13)23-9-21-15-16(19-8-20-17(15)23)22-18(27)30-7-10-3-1-2-4-11(10)24(28)29/h1-4,8-9,12-14,25-26H,5-7H2,(H,19,20,22,27)/t12-,13+,14+/m0/s1. The number of benzene rings is 1. The normalized spacial score (nSPS) is 20.6. The van der Waals surface area contributed by atoms with Crippen LogP contribution in [0.2, 0.25) is 0 Å². The van der Waals surface area contributed by atoms with E-state index in [0.717, 1.165) is 0 Å². The van der Waals surface area contributed by atoms with E-state index >= 15 is 0 Å².